The average molecular weight is 1780 g/mol. The second-order valence-corrected chi connectivity index (χ2v) is 36.4. The molecule has 20 aromatic carbocycles. The maximum atomic E-state index is 6.48. The van der Waals surface area contributed by atoms with Gasteiger partial charge in [0.1, 0.15) is 67.0 Å². The molecule has 138 heavy (non-hydrogen) atoms. The van der Waals surface area contributed by atoms with Gasteiger partial charge in [0, 0.05) is 98.0 Å². The summed E-state index contributed by atoms with van der Waals surface area (Å²) in [5.41, 5.74) is 39.6. The van der Waals surface area contributed by atoms with Crippen LogP contribution in [0.5, 0.6) is 0 Å². The predicted molar refractivity (Wildman–Crippen MR) is 580 cm³/mol. The first-order chi connectivity index (χ1) is 68.0. The number of furan rings is 6. The van der Waals surface area contributed by atoms with Crippen LogP contribution < -0.4 is 0 Å². The molecule has 6 heterocycles. The summed E-state index contributed by atoms with van der Waals surface area (Å²) in [6.07, 6.45) is 6.75. The zero-order valence-corrected chi connectivity index (χ0v) is 78.2. The van der Waals surface area contributed by atoms with Crippen LogP contribution in [0.3, 0.4) is 0 Å². The van der Waals surface area contributed by atoms with E-state index in [1.807, 2.05) is 54.6 Å². The van der Waals surface area contributed by atoms with Gasteiger partial charge in [-0.2, -0.15) is 0 Å². The third-order valence-electron chi connectivity index (χ3n) is 27.4. The molecule has 0 N–H and O–H groups in total. The zero-order valence-electron chi connectivity index (χ0n) is 78.2. The highest BCUT2D eigenvalue weighted by Crippen LogP contribution is 2.48. The Balaban J connectivity index is 0.0000000960. The Hall–Kier alpha value is -16.8. The topological polar surface area (TPSA) is 78.8 Å². The third-order valence-corrected chi connectivity index (χ3v) is 27.4. The summed E-state index contributed by atoms with van der Waals surface area (Å²) in [4.78, 5) is 0. The van der Waals surface area contributed by atoms with Crippen LogP contribution in [0.15, 0.2) is 469 Å². The fraction of sp³-hybridized carbons (Fsp3) is 0.0909. The van der Waals surface area contributed by atoms with Gasteiger partial charge in [-0.05, 0) is 162 Å². The molecule has 0 bridgehead atoms. The molecule has 0 saturated heterocycles. The van der Waals surface area contributed by atoms with Crippen molar-refractivity contribution in [3.8, 4) is 89.0 Å². The van der Waals surface area contributed by atoms with Crippen LogP contribution in [0.1, 0.15) is 77.0 Å². The van der Waals surface area contributed by atoms with Crippen molar-refractivity contribution >= 4 is 132 Å². The maximum absolute atomic E-state index is 6.48. The molecular formula is C132H102O6. The van der Waals surface area contributed by atoms with Crippen molar-refractivity contribution in [2.24, 2.45) is 0 Å². The number of hydrogen-bond donors (Lipinski definition) is 0. The summed E-state index contributed by atoms with van der Waals surface area (Å²) >= 11 is 0. The quantitative estimate of drug-likeness (QED) is 0.143. The number of benzene rings is 20. The molecule has 26 aromatic rings. The van der Waals surface area contributed by atoms with E-state index in [-0.39, 0.29) is 0 Å². The highest BCUT2D eigenvalue weighted by atomic mass is 16.4. The van der Waals surface area contributed by atoms with Gasteiger partial charge < -0.3 is 26.5 Å². The molecule has 6 nitrogen and oxygen atoms in total. The van der Waals surface area contributed by atoms with E-state index in [0.29, 0.717) is 5.92 Å². The lowest BCUT2D eigenvalue weighted by Gasteiger charge is -2.21. The van der Waals surface area contributed by atoms with E-state index >= 15 is 0 Å². The highest BCUT2D eigenvalue weighted by molar-refractivity contribution is 6.18. The summed E-state index contributed by atoms with van der Waals surface area (Å²) in [6, 6.07) is 154. The second kappa shape index (κ2) is 38.3. The Morgan fingerprint density at radius 1 is 0.167 bits per heavy atom. The number of hydrogen-bond acceptors (Lipinski definition) is 6. The first-order valence-corrected chi connectivity index (χ1v) is 48.0. The van der Waals surface area contributed by atoms with Crippen molar-refractivity contribution in [1.29, 1.82) is 0 Å². The molecule has 1 aliphatic rings. The molecule has 0 unspecified atom stereocenters. The lowest BCUT2D eigenvalue weighted by Crippen LogP contribution is -2.04. The molecule has 0 atom stereocenters. The lowest BCUT2D eigenvalue weighted by atomic mass is 9.83. The third kappa shape index (κ3) is 16.9. The highest BCUT2D eigenvalue weighted by Gasteiger charge is 2.25. The summed E-state index contributed by atoms with van der Waals surface area (Å²) < 4.78 is 37.7. The van der Waals surface area contributed by atoms with Crippen LogP contribution in [-0.2, 0) is 0 Å². The van der Waals surface area contributed by atoms with E-state index < -0.39 is 0 Å². The van der Waals surface area contributed by atoms with Gasteiger partial charge in [-0.15, -0.1) is 0 Å². The van der Waals surface area contributed by atoms with Gasteiger partial charge in [0.2, 0.25) is 0 Å². The number of aryl methyl sites for hydroxylation is 6. The monoisotopic (exact) mass is 1780 g/mol. The van der Waals surface area contributed by atoms with Crippen molar-refractivity contribution in [2.75, 3.05) is 0 Å². The Labute approximate surface area is 803 Å². The number of fused-ring (bicyclic) bond motifs is 18. The lowest BCUT2D eigenvalue weighted by molar-refractivity contribution is 0.442. The van der Waals surface area contributed by atoms with Gasteiger partial charge in [0.25, 0.3) is 0 Å². The van der Waals surface area contributed by atoms with Crippen LogP contribution in [0, 0.1) is 41.5 Å². The van der Waals surface area contributed by atoms with E-state index in [1.54, 1.807) is 0 Å². The van der Waals surface area contributed by atoms with Crippen LogP contribution in [0.4, 0.5) is 0 Å². The zero-order chi connectivity index (χ0) is 93.1. The molecule has 6 aromatic heterocycles. The van der Waals surface area contributed by atoms with E-state index in [0.717, 1.165) is 127 Å². The van der Waals surface area contributed by atoms with Crippen LogP contribution >= 0.6 is 0 Å². The molecule has 666 valence electrons. The summed E-state index contributed by atoms with van der Waals surface area (Å²) in [5, 5.41) is 14.3. The second-order valence-electron chi connectivity index (χ2n) is 36.4. The Kier molecular flexibility index (Phi) is 24.0. The van der Waals surface area contributed by atoms with Crippen molar-refractivity contribution in [3.63, 3.8) is 0 Å². The van der Waals surface area contributed by atoms with E-state index in [4.69, 9.17) is 26.5 Å². The predicted octanol–water partition coefficient (Wildman–Crippen LogP) is 38.8. The van der Waals surface area contributed by atoms with E-state index in [1.165, 1.54) is 164 Å². The van der Waals surface area contributed by atoms with Crippen molar-refractivity contribution in [2.45, 2.75) is 79.6 Å². The molecule has 0 spiro atoms. The summed E-state index contributed by atoms with van der Waals surface area (Å²) in [7, 11) is 0. The summed E-state index contributed by atoms with van der Waals surface area (Å²) in [6.45, 7) is 12.8. The van der Waals surface area contributed by atoms with Crippen molar-refractivity contribution < 1.29 is 26.5 Å². The maximum Gasteiger partial charge on any atom is 0.143 e. The molecular weight excluding hydrogens is 1680 g/mol. The standard InChI is InChI=1S/3C25H18O.C19H14O.C19H20O.C19H14O/c1-17-8-5-11-19(16-17)21-13-7-15-23-22-14-6-12-20(24(22)26-25(21)23)18-9-3-2-4-10-18;1-17-13-15-19(16-14-17)21-10-6-12-23-22-11-5-9-20(24(22)26-25(21)23)18-7-3-2-4-8-18;1-17-9-5-6-12-19(17)21-14-8-16-23-22-15-7-13-20(24(22)26-25(21)23)18-10-3-2-4-11-18;1-13-7-2-3-8-14(13)15-10-6-12-18-19(15)16-9-4-5-11-17(16)20-18;1-13-7-5-11-16-17-12-6-10-15(19(17)20-18(13)16)14-8-3-2-4-9-14;1-13-11-12-15(14-7-3-2-4-8-14)18-16-9-5-6-10-17(16)20-19(13)18/h3*2-16H,1H3;2-12H,1H3;5-7,10-12,14H,2-4,8-9H2,1H3;2-12H,1H3. The van der Waals surface area contributed by atoms with Gasteiger partial charge in [-0.3, -0.25) is 0 Å². The average Bonchev–Trinajstić information content (AvgIpc) is 1.58. The van der Waals surface area contributed by atoms with Gasteiger partial charge in [0.15, 0.2) is 0 Å². The van der Waals surface area contributed by atoms with E-state index in [2.05, 4.69) is 430 Å². The van der Waals surface area contributed by atoms with Crippen LogP contribution in [0.25, 0.3) is 221 Å². The van der Waals surface area contributed by atoms with Crippen LogP contribution in [-0.4, -0.2) is 0 Å². The molecule has 6 heteroatoms. The molecule has 0 aliphatic heterocycles. The minimum absolute atomic E-state index is 0.688. The first-order valence-electron chi connectivity index (χ1n) is 48.0. The Morgan fingerprint density at radius 3 is 0.978 bits per heavy atom. The van der Waals surface area contributed by atoms with Crippen molar-refractivity contribution in [3.05, 3.63) is 482 Å². The SMILES string of the molecule is Cc1ccc(-c2cccc3c2oc2c(-c4ccccc4)cccc23)cc1.Cc1ccc(-c2ccccc2)c2c1oc1ccccc12.Cc1cccc(-c2cccc3c2oc2c(-c4ccccc4)cccc23)c1.Cc1cccc2c1oc1c(C3CCCCC3)cccc12.Cc1ccccc1-c1cccc2c1oc1c(-c3ccccc3)cccc12.Cc1ccccc1-c1cccc2oc3ccccc3c12. The fourth-order valence-electron chi connectivity index (χ4n) is 20.5. The normalized spacial score (nSPS) is 12.1. The van der Waals surface area contributed by atoms with Gasteiger partial charge >= 0.3 is 0 Å². The largest absolute Gasteiger partial charge is 0.456 e. The van der Waals surface area contributed by atoms with E-state index in [9.17, 15) is 0 Å². The summed E-state index contributed by atoms with van der Waals surface area (Å²) in [5.74, 6) is 0.688. The molecule has 0 amide bonds. The molecule has 27 rings (SSSR count). The fourth-order valence-corrected chi connectivity index (χ4v) is 20.5. The van der Waals surface area contributed by atoms with Crippen molar-refractivity contribution in [1.82, 2.24) is 0 Å². The molecule has 1 fully saturated rings. The van der Waals surface area contributed by atoms with Gasteiger partial charge in [-0.25, -0.2) is 0 Å². The van der Waals surface area contributed by atoms with Gasteiger partial charge in [0.05, 0.1) is 0 Å². The number of para-hydroxylation sites is 10. The van der Waals surface area contributed by atoms with Gasteiger partial charge in [-0.1, -0.05) is 455 Å². The minimum atomic E-state index is 0.688. The number of rotatable bonds is 9. The minimum Gasteiger partial charge on any atom is -0.456 e. The van der Waals surface area contributed by atoms with Crippen LogP contribution in [0.2, 0.25) is 0 Å². The molecule has 0 radical (unpaired) electrons. The Morgan fingerprint density at radius 2 is 0.486 bits per heavy atom. The smallest absolute Gasteiger partial charge is 0.143 e. The Bertz CT molecular complexity index is 8920. The molecule has 1 aliphatic carbocycles. The first kappa shape index (κ1) is 86.6. The molecule has 1 saturated carbocycles.